The van der Waals surface area contributed by atoms with Crippen LogP contribution in [-0.4, -0.2) is 26.1 Å². The Balaban J connectivity index is 2.11. The van der Waals surface area contributed by atoms with Crippen molar-refractivity contribution in [1.82, 2.24) is 20.2 Å². The van der Waals surface area contributed by atoms with Crippen molar-refractivity contribution in [2.45, 2.75) is 26.8 Å². The lowest BCUT2D eigenvalue weighted by atomic mass is 10.1. The van der Waals surface area contributed by atoms with Gasteiger partial charge >= 0.3 is 0 Å². The third kappa shape index (κ3) is 2.71. The van der Waals surface area contributed by atoms with Gasteiger partial charge in [-0.2, -0.15) is 0 Å². The Morgan fingerprint density at radius 1 is 1.33 bits per heavy atom. The summed E-state index contributed by atoms with van der Waals surface area (Å²) in [5.74, 6) is 0.171. The van der Waals surface area contributed by atoms with E-state index >= 15 is 0 Å². The van der Waals surface area contributed by atoms with Crippen LogP contribution >= 0.6 is 0 Å². The van der Waals surface area contributed by atoms with Gasteiger partial charge in [0.2, 0.25) is 5.95 Å². The van der Waals surface area contributed by atoms with E-state index in [1.165, 1.54) is 0 Å². The van der Waals surface area contributed by atoms with Crippen LogP contribution in [0.2, 0.25) is 0 Å². The minimum Gasteiger partial charge on any atom is -0.289 e. The normalized spacial score (nSPS) is 10.3. The summed E-state index contributed by atoms with van der Waals surface area (Å²) in [5.41, 5.74) is 1.70. The second kappa shape index (κ2) is 5.39. The van der Waals surface area contributed by atoms with Gasteiger partial charge in [0.25, 0.3) is 5.91 Å². The van der Waals surface area contributed by atoms with Crippen LogP contribution < -0.4 is 5.32 Å². The summed E-state index contributed by atoms with van der Waals surface area (Å²) >= 11 is 0. The number of aryl methyl sites for hydroxylation is 2. The Hall–Kier alpha value is -2.24. The first-order valence-electron chi connectivity index (χ1n) is 5.85. The number of nitrogens with zero attached hydrogens (tertiary/aromatic N) is 4. The lowest BCUT2D eigenvalue weighted by molar-refractivity contribution is 0.102. The molecule has 0 aliphatic rings. The molecule has 2 aromatic rings. The molecule has 0 spiro atoms. The predicted molar refractivity (Wildman–Crippen MR) is 67.2 cm³/mol. The van der Waals surface area contributed by atoms with Gasteiger partial charge in [0.15, 0.2) is 0 Å². The van der Waals surface area contributed by atoms with Crippen molar-refractivity contribution in [2.75, 3.05) is 5.32 Å². The fourth-order valence-electron chi connectivity index (χ4n) is 1.54. The summed E-state index contributed by atoms with van der Waals surface area (Å²) in [6, 6.07) is 7.34. The molecule has 0 aliphatic carbocycles. The summed E-state index contributed by atoms with van der Waals surface area (Å²) in [5, 5.41) is 13.8. The molecule has 6 heteroatoms. The van der Waals surface area contributed by atoms with Gasteiger partial charge in [0, 0.05) is 12.1 Å². The zero-order chi connectivity index (χ0) is 13.0. The van der Waals surface area contributed by atoms with E-state index in [2.05, 4.69) is 20.8 Å². The van der Waals surface area contributed by atoms with Crippen LogP contribution in [-0.2, 0) is 6.54 Å². The molecule has 0 atom stereocenters. The largest absolute Gasteiger partial charge is 0.289 e. The van der Waals surface area contributed by atoms with Crippen molar-refractivity contribution in [2.24, 2.45) is 0 Å². The Morgan fingerprint density at radius 3 is 2.72 bits per heavy atom. The number of rotatable bonds is 4. The molecule has 0 radical (unpaired) electrons. The van der Waals surface area contributed by atoms with Crippen LogP contribution in [0.5, 0.6) is 0 Å². The molecule has 1 N–H and O–H groups in total. The van der Waals surface area contributed by atoms with Crippen molar-refractivity contribution in [3.8, 4) is 0 Å². The minimum atomic E-state index is -0.206. The number of benzene rings is 1. The van der Waals surface area contributed by atoms with Crippen LogP contribution in [0.4, 0.5) is 5.95 Å². The first-order valence-corrected chi connectivity index (χ1v) is 5.85. The number of hydrogen-bond acceptors (Lipinski definition) is 4. The Labute approximate surface area is 105 Å². The number of amides is 1. The number of aromatic nitrogens is 4. The predicted octanol–water partition coefficient (Wildman–Crippen LogP) is 1.64. The molecular weight excluding hydrogens is 230 g/mol. The first kappa shape index (κ1) is 12.2. The van der Waals surface area contributed by atoms with Crippen molar-refractivity contribution < 1.29 is 4.79 Å². The molecule has 1 heterocycles. The Morgan fingerprint density at radius 2 is 2.06 bits per heavy atom. The van der Waals surface area contributed by atoms with Crippen LogP contribution in [0.25, 0.3) is 0 Å². The van der Waals surface area contributed by atoms with Crippen LogP contribution in [0.15, 0.2) is 24.3 Å². The lowest BCUT2D eigenvalue weighted by Crippen LogP contribution is -2.16. The Bertz CT molecular complexity index is 532. The summed E-state index contributed by atoms with van der Waals surface area (Å²) in [6.45, 7) is 4.67. The second-order valence-electron chi connectivity index (χ2n) is 4.05. The third-order valence-electron chi connectivity index (χ3n) is 2.51. The standard InChI is InChI=1S/C12H15N5O/c1-3-8-17-12(14-15-16-17)13-11(18)10-6-4-9(2)5-7-10/h4-7H,3,8H2,1-2H3,(H,13,14,16,18). The molecule has 0 fully saturated rings. The van der Waals surface area contributed by atoms with Crippen molar-refractivity contribution in [3.05, 3.63) is 35.4 Å². The molecule has 18 heavy (non-hydrogen) atoms. The fourth-order valence-corrected chi connectivity index (χ4v) is 1.54. The van der Waals surface area contributed by atoms with Crippen molar-refractivity contribution >= 4 is 11.9 Å². The molecule has 1 aromatic heterocycles. The highest BCUT2D eigenvalue weighted by atomic mass is 16.1. The quantitative estimate of drug-likeness (QED) is 0.888. The molecule has 1 aromatic carbocycles. The molecule has 0 aliphatic heterocycles. The van der Waals surface area contributed by atoms with E-state index in [1.807, 2.05) is 26.0 Å². The molecule has 6 nitrogen and oxygen atoms in total. The van der Waals surface area contributed by atoms with E-state index in [9.17, 15) is 4.79 Å². The minimum absolute atomic E-state index is 0.206. The highest BCUT2D eigenvalue weighted by Crippen LogP contribution is 2.07. The number of carbonyl (C=O) groups is 1. The first-order chi connectivity index (χ1) is 8.70. The van der Waals surface area contributed by atoms with Crippen molar-refractivity contribution in [1.29, 1.82) is 0 Å². The maximum Gasteiger partial charge on any atom is 0.258 e. The SMILES string of the molecule is CCCn1nnnc1NC(=O)c1ccc(C)cc1. The second-order valence-corrected chi connectivity index (χ2v) is 4.05. The molecule has 0 unspecified atom stereocenters. The van der Waals surface area contributed by atoms with Crippen LogP contribution in [0.1, 0.15) is 29.3 Å². The van der Waals surface area contributed by atoms with Gasteiger partial charge in [-0.25, -0.2) is 4.68 Å². The van der Waals surface area contributed by atoms with Gasteiger partial charge < -0.3 is 0 Å². The highest BCUT2D eigenvalue weighted by Gasteiger charge is 2.10. The summed E-state index contributed by atoms with van der Waals surface area (Å²) < 4.78 is 1.58. The lowest BCUT2D eigenvalue weighted by Gasteiger charge is -2.05. The number of anilines is 1. The summed E-state index contributed by atoms with van der Waals surface area (Å²) in [6.07, 6.45) is 0.901. The van der Waals surface area contributed by atoms with E-state index in [1.54, 1.807) is 16.8 Å². The average molecular weight is 245 g/mol. The molecule has 0 saturated heterocycles. The van der Waals surface area contributed by atoms with Gasteiger partial charge in [-0.15, -0.1) is 0 Å². The zero-order valence-corrected chi connectivity index (χ0v) is 10.4. The maximum atomic E-state index is 12.0. The Kier molecular flexibility index (Phi) is 3.66. The molecule has 94 valence electrons. The average Bonchev–Trinajstić information content (AvgIpc) is 2.78. The number of carbonyl (C=O) groups excluding carboxylic acids is 1. The number of tetrazole rings is 1. The smallest absolute Gasteiger partial charge is 0.258 e. The van der Waals surface area contributed by atoms with Crippen LogP contribution in [0.3, 0.4) is 0 Å². The van der Waals surface area contributed by atoms with E-state index in [4.69, 9.17) is 0 Å². The summed E-state index contributed by atoms with van der Waals surface area (Å²) in [4.78, 5) is 12.0. The maximum absolute atomic E-state index is 12.0. The van der Waals surface area contributed by atoms with E-state index in [0.29, 0.717) is 18.1 Å². The van der Waals surface area contributed by atoms with Gasteiger partial charge in [-0.05, 0) is 35.9 Å². The molecule has 1 amide bonds. The van der Waals surface area contributed by atoms with Crippen molar-refractivity contribution in [3.63, 3.8) is 0 Å². The van der Waals surface area contributed by atoms with Gasteiger partial charge in [0.1, 0.15) is 0 Å². The van der Waals surface area contributed by atoms with E-state index in [0.717, 1.165) is 12.0 Å². The zero-order valence-electron chi connectivity index (χ0n) is 10.4. The third-order valence-corrected chi connectivity index (χ3v) is 2.51. The summed E-state index contributed by atoms with van der Waals surface area (Å²) in [7, 11) is 0. The van der Waals surface area contributed by atoms with E-state index in [-0.39, 0.29) is 5.91 Å². The topological polar surface area (TPSA) is 72.7 Å². The monoisotopic (exact) mass is 245 g/mol. The van der Waals surface area contributed by atoms with Gasteiger partial charge in [-0.1, -0.05) is 29.7 Å². The van der Waals surface area contributed by atoms with Gasteiger partial charge in [-0.3, -0.25) is 10.1 Å². The van der Waals surface area contributed by atoms with Gasteiger partial charge in [0.05, 0.1) is 0 Å². The number of nitrogens with one attached hydrogen (secondary N) is 1. The molecule has 2 rings (SSSR count). The van der Waals surface area contributed by atoms with Crippen LogP contribution in [0, 0.1) is 6.92 Å². The highest BCUT2D eigenvalue weighted by molar-refractivity contribution is 6.03. The van der Waals surface area contributed by atoms with E-state index < -0.39 is 0 Å². The molecule has 0 saturated carbocycles. The molecule has 0 bridgehead atoms. The number of hydrogen-bond donors (Lipinski definition) is 1. The molecular formula is C12H15N5O. The fraction of sp³-hybridized carbons (Fsp3) is 0.333.